The van der Waals surface area contributed by atoms with Crippen LogP contribution < -0.4 is 5.32 Å². The Bertz CT molecular complexity index is 779. The quantitative estimate of drug-likeness (QED) is 0.200. The summed E-state index contributed by atoms with van der Waals surface area (Å²) in [6.45, 7) is 5.88. The Balaban J connectivity index is 1.62. The molecule has 0 aliphatic carbocycles. The lowest BCUT2D eigenvalue weighted by molar-refractivity contribution is -0.111. The highest BCUT2D eigenvalue weighted by Crippen LogP contribution is 2.29. The number of fused-ring (bicyclic) bond motifs is 1. The van der Waals surface area contributed by atoms with Crippen LogP contribution in [0, 0.1) is 0 Å². The number of unbranched alkanes of at least 4 members (excludes halogenated alkanes) is 13. The molecule has 2 aromatic rings. The molecule has 0 heterocycles. The molecule has 0 atom stereocenters. The number of carbonyl (C=O) groups is 1. The fourth-order valence-electron chi connectivity index (χ4n) is 4.36. The fraction of sp³-hybridized carbons (Fsp3) is 0.552. The van der Waals surface area contributed by atoms with Gasteiger partial charge in [0, 0.05) is 5.39 Å². The molecule has 0 unspecified atom stereocenters. The van der Waals surface area contributed by atoms with E-state index in [1.165, 1.54) is 102 Å². The van der Waals surface area contributed by atoms with Gasteiger partial charge in [-0.2, -0.15) is 0 Å². The number of carbonyl (C=O) groups excluding carboxylic acids is 1. The maximum Gasteiger partial charge on any atom is 0.247 e. The molecular weight excluding hydrogens is 378 g/mol. The molecule has 1 N–H and O–H groups in total. The lowest BCUT2D eigenvalue weighted by atomic mass is 9.98. The largest absolute Gasteiger partial charge is 0.322 e. The van der Waals surface area contributed by atoms with Crippen molar-refractivity contribution in [3.05, 3.63) is 54.6 Å². The van der Waals surface area contributed by atoms with Crippen LogP contribution in [-0.4, -0.2) is 5.91 Å². The molecule has 0 fully saturated rings. The first-order valence-electron chi connectivity index (χ1n) is 12.7. The molecule has 0 saturated carbocycles. The van der Waals surface area contributed by atoms with Crippen LogP contribution in [0.25, 0.3) is 10.8 Å². The summed E-state index contributed by atoms with van der Waals surface area (Å²) < 4.78 is 0. The molecular formula is C29H43NO. The van der Waals surface area contributed by atoms with Gasteiger partial charge in [0.05, 0.1) is 5.69 Å². The number of anilines is 1. The van der Waals surface area contributed by atoms with Gasteiger partial charge in [-0.15, -0.1) is 0 Å². The number of benzene rings is 2. The predicted octanol–water partition coefficient (Wildman–Crippen LogP) is 8.99. The predicted molar refractivity (Wildman–Crippen MR) is 137 cm³/mol. The topological polar surface area (TPSA) is 29.1 Å². The molecule has 2 aromatic carbocycles. The molecule has 2 heteroatoms. The van der Waals surface area contributed by atoms with Crippen molar-refractivity contribution in [3.8, 4) is 0 Å². The molecule has 0 aromatic heterocycles. The fourth-order valence-corrected chi connectivity index (χ4v) is 4.36. The highest BCUT2D eigenvalue weighted by molar-refractivity contribution is 6.07. The van der Waals surface area contributed by atoms with Crippen LogP contribution in [0.3, 0.4) is 0 Å². The number of hydrogen-bond donors (Lipinski definition) is 1. The highest BCUT2D eigenvalue weighted by Gasteiger charge is 2.09. The molecule has 0 aliphatic rings. The van der Waals surface area contributed by atoms with E-state index in [0.29, 0.717) is 0 Å². The van der Waals surface area contributed by atoms with Crippen LogP contribution in [0.5, 0.6) is 0 Å². The van der Waals surface area contributed by atoms with Gasteiger partial charge < -0.3 is 5.32 Å². The molecule has 0 bridgehead atoms. The average Bonchev–Trinajstić information content (AvgIpc) is 2.80. The van der Waals surface area contributed by atoms with Gasteiger partial charge in [-0.25, -0.2) is 0 Å². The lowest BCUT2D eigenvalue weighted by Crippen LogP contribution is -2.10. The van der Waals surface area contributed by atoms with Crippen molar-refractivity contribution < 1.29 is 4.79 Å². The molecule has 0 saturated heterocycles. The standard InChI is InChI=1S/C29H43NO/c1-3-5-6-7-8-9-10-11-12-13-14-15-16-17-21-26-24-23-25-20-18-19-22-27(25)29(26)30-28(31)4-2/h4,18-20,22-24H,2-3,5-17,21H2,1H3,(H,30,31). The van der Waals surface area contributed by atoms with Gasteiger partial charge in [0.2, 0.25) is 5.91 Å². The van der Waals surface area contributed by atoms with Crippen LogP contribution in [0.15, 0.2) is 49.1 Å². The van der Waals surface area contributed by atoms with E-state index in [2.05, 4.69) is 43.1 Å². The second-order valence-corrected chi connectivity index (χ2v) is 8.86. The van der Waals surface area contributed by atoms with Crippen LogP contribution in [0.4, 0.5) is 5.69 Å². The van der Waals surface area contributed by atoms with E-state index in [1.54, 1.807) is 0 Å². The minimum absolute atomic E-state index is 0.140. The van der Waals surface area contributed by atoms with Crippen LogP contribution in [-0.2, 0) is 11.2 Å². The molecule has 170 valence electrons. The molecule has 0 radical (unpaired) electrons. The van der Waals surface area contributed by atoms with Crippen LogP contribution in [0.2, 0.25) is 0 Å². The Hall–Kier alpha value is -2.09. The first-order chi connectivity index (χ1) is 15.3. The van der Waals surface area contributed by atoms with Gasteiger partial charge in [-0.1, -0.05) is 133 Å². The zero-order valence-corrected chi connectivity index (χ0v) is 19.8. The monoisotopic (exact) mass is 421 g/mol. The van der Waals surface area contributed by atoms with Crippen molar-refractivity contribution in [2.75, 3.05) is 5.32 Å². The average molecular weight is 422 g/mol. The number of amides is 1. The van der Waals surface area contributed by atoms with Gasteiger partial charge in [-0.3, -0.25) is 4.79 Å². The van der Waals surface area contributed by atoms with E-state index in [9.17, 15) is 4.79 Å². The second-order valence-electron chi connectivity index (χ2n) is 8.86. The Kier molecular flexibility index (Phi) is 12.7. The van der Waals surface area contributed by atoms with Crippen molar-refractivity contribution in [2.45, 2.75) is 103 Å². The van der Waals surface area contributed by atoms with E-state index in [1.807, 2.05) is 12.1 Å². The Morgan fingerprint density at radius 1 is 0.774 bits per heavy atom. The van der Waals surface area contributed by atoms with E-state index in [4.69, 9.17) is 0 Å². The summed E-state index contributed by atoms with van der Waals surface area (Å²) in [7, 11) is 0. The molecule has 2 nitrogen and oxygen atoms in total. The number of nitrogens with one attached hydrogen (secondary N) is 1. The van der Waals surface area contributed by atoms with E-state index in [0.717, 1.165) is 22.9 Å². The molecule has 1 amide bonds. The number of rotatable bonds is 17. The van der Waals surface area contributed by atoms with Gasteiger partial charge in [0.15, 0.2) is 0 Å². The van der Waals surface area contributed by atoms with E-state index >= 15 is 0 Å². The van der Waals surface area contributed by atoms with Gasteiger partial charge >= 0.3 is 0 Å². The first kappa shape index (κ1) is 25.2. The maximum absolute atomic E-state index is 11.9. The Morgan fingerprint density at radius 2 is 1.32 bits per heavy atom. The second kappa shape index (κ2) is 15.7. The zero-order valence-electron chi connectivity index (χ0n) is 19.8. The van der Waals surface area contributed by atoms with Crippen molar-refractivity contribution in [2.24, 2.45) is 0 Å². The van der Waals surface area contributed by atoms with E-state index < -0.39 is 0 Å². The summed E-state index contributed by atoms with van der Waals surface area (Å²) in [5.41, 5.74) is 2.19. The summed E-state index contributed by atoms with van der Waals surface area (Å²) in [5, 5.41) is 5.32. The number of hydrogen-bond acceptors (Lipinski definition) is 1. The molecule has 0 spiro atoms. The normalized spacial score (nSPS) is 11.0. The number of aryl methyl sites for hydroxylation is 1. The van der Waals surface area contributed by atoms with Crippen molar-refractivity contribution >= 4 is 22.4 Å². The summed E-state index contributed by atoms with van der Waals surface area (Å²) in [4.78, 5) is 11.9. The summed E-state index contributed by atoms with van der Waals surface area (Å²) >= 11 is 0. The van der Waals surface area contributed by atoms with Crippen LogP contribution >= 0.6 is 0 Å². The van der Waals surface area contributed by atoms with Gasteiger partial charge in [0.25, 0.3) is 0 Å². The van der Waals surface area contributed by atoms with Crippen LogP contribution in [0.1, 0.15) is 102 Å². The van der Waals surface area contributed by atoms with Gasteiger partial charge in [0.1, 0.15) is 0 Å². The SMILES string of the molecule is C=CC(=O)Nc1c(CCCCCCCCCCCCCCCC)ccc2ccccc12. The lowest BCUT2D eigenvalue weighted by Gasteiger charge is -2.14. The minimum Gasteiger partial charge on any atom is -0.322 e. The molecule has 0 aliphatic heterocycles. The third-order valence-electron chi connectivity index (χ3n) is 6.25. The Labute approximate surface area is 190 Å². The maximum atomic E-state index is 11.9. The molecule has 2 rings (SSSR count). The van der Waals surface area contributed by atoms with E-state index in [-0.39, 0.29) is 5.91 Å². The third-order valence-corrected chi connectivity index (χ3v) is 6.25. The smallest absolute Gasteiger partial charge is 0.247 e. The zero-order chi connectivity index (χ0) is 22.2. The summed E-state index contributed by atoms with van der Waals surface area (Å²) in [6.07, 6.45) is 21.6. The first-order valence-corrected chi connectivity index (χ1v) is 12.7. The van der Waals surface area contributed by atoms with Crippen molar-refractivity contribution in [1.82, 2.24) is 0 Å². The van der Waals surface area contributed by atoms with Crippen molar-refractivity contribution in [1.29, 1.82) is 0 Å². The Morgan fingerprint density at radius 3 is 1.90 bits per heavy atom. The van der Waals surface area contributed by atoms with Gasteiger partial charge in [-0.05, 0) is 29.9 Å². The minimum atomic E-state index is -0.140. The molecule has 31 heavy (non-hydrogen) atoms. The summed E-state index contributed by atoms with van der Waals surface area (Å²) in [5.74, 6) is -0.140. The van der Waals surface area contributed by atoms with Crippen molar-refractivity contribution in [3.63, 3.8) is 0 Å². The third kappa shape index (κ3) is 9.72. The highest BCUT2D eigenvalue weighted by atomic mass is 16.1. The summed E-state index contributed by atoms with van der Waals surface area (Å²) in [6, 6.07) is 12.6.